The van der Waals surface area contributed by atoms with Crippen LogP contribution in [0.3, 0.4) is 0 Å². The summed E-state index contributed by atoms with van der Waals surface area (Å²) in [4.78, 5) is -0.514. The van der Waals surface area contributed by atoms with Crippen molar-refractivity contribution in [3.05, 3.63) is 66.7 Å². The molecule has 0 radical (unpaired) electrons. The van der Waals surface area contributed by atoms with Gasteiger partial charge in [-0.15, -0.1) is 5.11 Å². The summed E-state index contributed by atoms with van der Waals surface area (Å²) in [6.45, 7) is 0. The highest BCUT2D eigenvalue weighted by Crippen LogP contribution is 2.44. The maximum atomic E-state index is 11.9. The van der Waals surface area contributed by atoms with Crippen LogP contribution in [0.15, 0.2) is 81.9 Å². The van der Waals surface area contributed by atoms with Gasteiger partial charge in [-0.1, -0.05) is 42.5 Å². The van der Waals surface area contributed by atoms with Crippen molar-refractivity contribution in [3.8, 4) is 5.75 Å². The Hall–Kier alpha value is -3.49. The molecule has 3 N–H and O–H groups in total. The molecule has 7 nitrogen and oxygen atoms in total. The highest BCUT2D eigenvalue weighted by atomic mass is 32.2. The fraction of sp³-hybridized carbons (Fsp3) is 0.0476. The smallest absolute Gasteiger partial charge is 0.296 e. The Labute approximate surface area is 167 Å². The van der Waals surface area contributed by atoms with Crippen LogP contribution in [0.5, 0.6) is 5.75 Å². The average Bonchev–Trinajstić information content (AvgIpc) is 2.71. The second kappa shape index (κ2) is 7.16. The Morgan fingerprint density at radius 1 is 0.862 bits per heavy atom. The molecule has 0 aliphatic heterocycles. The summed E-state index contributed by atoms with van der Waals surface area (Å²) in [5, 5.41) is 24.6. The summed E-state index contributed by atoms with van der Waals surface area (Å²) in [6.07, 6.45) is 0. The third kappa shape index (κ3) is 3.51. The lowest BCUT2D eigenvalue weighted by molar-refractivity contribution is 0.472. The van der Waals surface area contributed by atoms with E-state index < -0.39 is 15.0 Å². The van der Waals surface area contributed by atoms with Crippen LogP contribution < -0.4 is 5.32 Å². The van der Waals surface area contributed by atoms with E-state index in [2.05, 4.69) is 15.5 Å². The number of nitrogens with one attached hydrogen (secondary N) is 1. The monoisotopic (exact) mass is 407 g/mol. The van der Waals surface area contributed by atoms with E-state index in [0.29, 0.717) is 22.1 Å². The van der Waals surface area contributed by atoms with Gasteiger partial charge in [0.15, 0.2) is 5.75 Å². The normalized spacial score (nSPS) is 12.1. The first-order valence-electron chi connectivity index (χ1n) is 8.73. The number of aromatic hydroxyl groups is 1. The van der Waals surface area contributed by atoms with E-state index in [1.54, 1.807) is 37.4 Å². The fourth-order valence-corrected chi connectivity index (χ4v) is 3.91. The highest BCUT2D eigenvalue weighted by Gasteiger charge is 2.23. The molecule has 0 aliphatic rings. The van der Waals surface area contributed by atoms with Crippen LogP contribution in [0.4, 0.5) is 17.1 Å². The molecular weight excluding hydrogens is 390 g/mol. The van der Waals surface area contributed by atoms with Crippen LogP contribution in [-0.4, -0.2) is 25.1 Å². The standard InChI is InChI=1S/C21H17N3O4S/c1-22-17-8-4-7-15-12-18(29(26,27)28)20(21(25)19(15)17)24-23-16-10-9-13-5-2-3-6-14(13)11-16/h2-12,22,25H,1H3,(H,26,27,28). The third-order valence-corrected chi connectivity index (χ3v) is 5.49. The number of hydrogen-bond acceptors (Lipinski definition) is 6. The largest absolute Gasteiger partial charge is 0.505 e. The molecule has 8 heteroatoms. The average molecular weight is 407 g/mol. The summed E-state index contributed by atoms with van der Waals surface area (Å²) in [5.41, 5.74) is 0.742. The lowest BCUT2D eigenvalue weighted by Gasteiger charge is -2.12. The second-order valence-corrected chi connectivity index (χ2v) is 7.82. The van der Waals surface area contributed by atoms with E-state index in [1.165, 1.54) is 6.07 Å². The van der Waals surface area contributed by atoms with Crippen molar-refractivity contribution in [1.82, 2.24) is 0 Å². The first kappa shape index (κ1) is 18.9. The SMILES string of the molecule is CNc1cccc2cc(S(=O)(=O)O)c(N=Nc3ccc4ccccc4c3)c(O)c12. The van der Waals surface area contributed by atoms with Crippen LogP contribution in [-0.2, 0) is 10.1 Å². The summed E-state index contributed by atoms with van der Waals surface area (Å²) >= 11 is 0. The molecule has 0 fully saturated rings. The minimum atomic E-state index is -4.64. The zero-order chi connectivity index (χ0) is 20.6. The number of anilines is 1. The van der Waals surface area contributed by atoms with E-state index in [-0.39, 0.29) is 11.4 Å². The first-order valence-corrected chi connectivity index (χ1v) is 10.2. The van der Waals surface area contributed by atoms with Crippen molar-refractivity contribution in [2.24, 2.45) is 10.2 Å². The molecule has 0 saturated heterocycles. The number of azo groups is 1. The van der Waals surface area contributed by atoms with Crippen molar-refractivity contribution in [1.29, 1.82) is 0 Å². The fourth-order valence-electron chi connectivity index (χ4n) is 3.25. The predicted molar refractivity (Wildman–Crippen MR) is 113 cm³/mol. The summed E-state index contributed by atoms with van der Waals surface area (Å²) in [7, 11) is -2.96. The minimum Gasteiger partial charge on any atom is -0.505 e. The van der Waals surface area contributed by atoms with Gasteiger partial charge in [0.2, 0.25) is 0 Å². The van der Waals surface area contributed by atoms with E-state index >= 15 is 0 Å². The Morgan fingerprint density at radius 2 is 1.59 bits per heavy atom. The molecule has 0 spiro atoms. The van der Waals surface area contributed by atoms with E-state index in [9.17, 15) is 18.1 Å². The molecule has 0 bridgehead atoms. The van der Waals surface area contributed by atoms with Gasteiger partial charge in [-0.05, 0) is 40.4 Å². The topological polar surface area (TPSA) is 111 Å². The van der Waals surface area contributed by atoms with Gasteiger partial charge < -0.3 is 10.4 Å². The predicted octanol–water partition coefficient (Wildman–Crippen LogP) is 5.40. The third-order valence-electron chi connectivity index (χ3n) is 4.62. The number of nitrogens with zero attached hydrogens (tertiary/aromatic N) is 2. The van der Waals surface area contributed by atoms with Crippen LogP contribution in [0.2, 0.25) is 0 Å². The van der Waals surface area contributed by atoms with Gasteiger partial charge in [0.1, 0.15) is 10.6 Å². The molecule has 146 valence electrons. The van der Waals surface area contributed by atoms with Crippen LogP contribution in [0.25, 0.3) is 21.5 Å². The number of rotatable bonds is 4. The van der Waals surface area contributed by atoms with Crippen molar-refractivity contribution in [3.63, 3.8) is 0 Å². The maximum Gasteiger partial charge on any atom is 0.296 e. The number of hydrogen-bond donors (Lipinski definition) is 3. The van der Waals surface area contributed by atoms with Crippen molar-refractivity contribution >= 4 is 48.7 Å². The lowest BCUT2D eigenvalue weighted by Crippen LogP contribution is -2.00. The van der Waals surface area contributed by atoms with Gasteiger partial charge in [0.25, 0.3) is 10.1 Å². The zero-order valence-corrected chi connectivity index (χ0v) is 16.2. The molecule has 0 aliphatic carbocycles. The van der Waals surface area contributed by atoms with E-state index in [1.807, 2.05) is 30.3 Å². The first-order chi connectivity index (χ1) is 13.9. The van der Waals surface area contributed by atoms with Crippen LogP contribution >= 0.6 is 0 Å². The molecule has 0 atom stereocenters. The molecular formula is C21H17N3O4S. The van der Waals surface area contributed by atoms with Gasteiger partial charge in [-0.25, -0.2) is 0 Å². The maximum absolute atomic E-state index is 11.9. The van der Waals surface area contributed by atoms with Gasteiger partial charge >= 0.3 is 0 Å². The Bertz CT molecular complexity index is 1380. The summed E-state index contributed by atoms with van der Waals surface area (Å²) in [6, 6.07) is 19.4. The Balaban J connectivity index is 1.92. The van der Waals surface area contributed by atoms with Crippen LogP contribution in [0, 0.1) is 0 Å². The molecule has 4 aromatic carbocycles. The number of fused-ring (bicyclic) bond motifs is 2. The number of phenolic OH excluding ortho intramolecular Hbond substituents is 1. The van der Waals surface area contributed by atoms with Crippen molar-refractivity contribution < 1.29 is 18.1 Å². The molecule has 29 heavy (non-hydrogen) atoms. The van der Waals surface area contributed by atoms with Crippen molar-refractivity contribution in [2.45, 2.75) is 4.90 Å². The molecule has 0 unspecified atom stereocenters. The molecule has 0 aromatic heterocycles. The molecule has 0 heterocycles. The lowest BCUT2D eigenvalue weighted by atomic mass is 10.1. The summed E-state index contributed by atoms with van der Waals surface area (Å²) < 4.78 is 33.5. The highest BCUT2D eigenvalue weighted by molar-refractivity contribution is 7.86. The molecule has 0 amide bonds. The van der Waals surface area contributed by atoms with Gasteiger partial charge in [-0.3, -0.25) is 4.55 Å². The number of benzene rings is 4. The zero-order valence-electron chi connectivity index (χ0n) is 15.4. The van der Waals surface area contributed by atoms with Gasteiger partial charge in [0, 0.05) is 18.1 Å². The Morgan fingerprint density at radius 3 is 2.31 bits per heavy atom. The van der Waals surface area contributed by atoms with Gasteiger partial charge in [-0.2, -0.15) is 13.5 Å². The Kier molecular flexibility index (Phi) is 4.65. The molecule has 0 saturated carbocycles. The second-order valence-electron chi connectivity index (χ2n) is 6.43. The quantitative estimate of drug-likeness (QED) is 0.310. The van der Waals surface area contributed by atoms with Crippen molar-refractivity contribution in [2.75, 3.05) is 12.4 Å². The van der Waals surface area contributed by atoms with E-state index in [0.717, 1.165) is 10.8 Å². The van der Waals surface area contributed by atoms with Crippen LogP contribution in [0.1, 0.15) is 0 Å². The number of phenols is 1. The minimum absolute atomic E-state index is 0.323. The summed E-state index contributed by atoms with van der Waals surface area (Å²) in [5.74, 6) is -0.385. The molecule has 4 aromatic rings. The molecule has 4 rings (SSSR count). The van der Waals surface area contributed by atoms with E-state index in [4.69, 9.17) is 0 Å². The van der Waals surface area contributed by atoms with Gasteiger partial charge in [0.05, 0.1) is 5.69 Å².